The summed E-state index contributed by atoms with van der Waals surface area (Å²) in [7, 11) is 0. The van der Waals surface area contributed by atoms with Crippen LogP contribution in [0, 0.1) is 13.8 Å². The minimum Gasteiger partial charge on any atom is -0.493 e. The van der Waals surface area contributed by atoms with Crippen molar-refractivity contribution in [2.45, 2.75) is 26.8 Å². The van der Waals surface area contributed by atoms with E-state index >= 15 is 0 Å². The van der Waals surface area contributed by atoms with Crippen LogP contribution >= 0.6 is 11.3 Å². The van der Waals surface area contributed by atoms with Crippen molar-refractivity contribution >= 4 is 11.3 Å². The molecule has 0 aliphatic carbocycles. The molecule has 1 heterocycles. The normalized spacial score (nSPS) is 10.6. The highest BCUT2D eigenvalue weighted by Crippen LogP contribution is 2.25. The molecule has 18 heavy (non-hydrogen) atoms. The van der Waals surface area contributed by atoms with E-state index in [1.54, 1.807) is 11.3 Å². The first-order valence-corrected chi connectivity index (χ1v) is 7.04. The van der Waals surface area contributed by atoms with Crippen molar-refractivity contribution in [3.8, 4) is 5.75 Å². The lowest BCUT2D eigenvalue weighted by Gasteiger charge is -2.13. The third-order valence-corrected chi connectivity index (χ3v) is 3.87. The molecule has 1 aromatic heterocycles. The van der Waals surface area contributed by atoms with E-state index in [2.05, 4.69) is 43.5 Å². The zero-order chi connectivity index (χ0) is 13.0. The van der Waals surface area contributed by atoms with Crippen LogP contribution in [0.5, 0.6) is 5.75 Å². The molecule has 0 fully saturated rings. The van der Waals surface area contributed by atoms with Crippen LogP contribution in [0.4, 0.5) is 0 Å². The second-order valence-corrected chi connectivity index (χ2v) is 5.47. The summed E-state index contributed by atoms with van der Waals surface area (Å²) in [6, 6.07) is 8.43. The fraction of sp³-hybridized carbons (Fsp3) is 0.333. The van der Waals surface area contributed by atoms with E-state index in [0.29, 0.717) is 6.54 Å². The molecule has 0 radical (unpaired) electrons. The van der Waals surface area contributed by atoms with Crippen LogP contribution < -0.4 is 10.5 Å². The monoisotopic (exact) mass is 261 g/mol. The van der Waals surface area contributed by atoms with Crippen LogP contribution in [0.2, 0.25) is 0 Å². The zero-order valence-corrected chi connectivity index (χ0v) is 11.7. The SMILES string of the molecule is Cc1cc(CN)cc(C)c1OCCc1cccs1. The Morgan fingerprint density at radius 2 is 1.94 bits per heavy atom. The molecule has 2 rings (SSSR count). The van der Waals surface area contributed by atoms with Crippen LogP contribution in [0.3, 0.4) is 0 Å². The summed E-state index contributed by atoms with van der Waals surface area (Å²) in [5, 5.41) is 2.10. The fourth-order valence-electron chi connectivity index (χ4n) is 2.09. The quantitative estimate of drug-likeness (QED) is 0.894. The van der Waals surface area contributed by atoms with Crippen molar-refractivity contribution in [2.24, 2.45) is 5.73 Å². The van der Waals surface area contributed by atoms with Gasteiger partial charge in [0.2, 0.25) is 0 Å². The fourth-order valence-corrected chi connectivity index (χ4v) is 2.78. The molecule has 0 spiro atoms. The smallest absolute Gasteiger partial charge is 0.125 e. The molecule has 0 amide bonds. The van der Waals surface area contributed by atoms with Crippen molar-refractivity contribution < 1.29 is 4.74 Å². The summed E-state index contributed by atoms with van der Waals surface area (Å²) in [6.07, 6.45) is 0.967. The molecular weight excluding hydrogens is 242 g/mol. The number of ether oxygens (including phenoxy) is 1. The molecule has 2 aromatic rings. The predicted octanol–water partition coefficient (Wildman–Crippen LogP) is 3.45. The van der Waals surface area contributed by atoms with Gasteiger partial charge < -0.3 is 10.5 Å². The molecule has 0 aliphatic heterocycles. The lowest BCUT2D eigenvalue weighted by atomic mass is 10.1. The van der Waals surface area contributed by atoms with Crippen molar-refractivity contribution in [1.29, 1.82) is 0 Å². The molecule has 2 N–H and O–H groups in total. The van der Waals surface area contributed by atoms with E-state index in [1.165, 1.54) is 16.0 Å². The van der Waals surface area contributed by atoms with Gasteiger partial charge in [0.05, 0.1) is 6.61 Å². The van der Waals surface area contributed by atoms with Gasteiger partial charge in [-0.05, 0) is 42.0 Å². The van der Waals surface area contributed by atoms with Crippen molar-refractivity contribution in [3.63, 3.8) is 0 Å². The van der Waals surface area contributed by atoms with E-state index in [9.17, 15) is 0 Å². The van der Waals surface area contributed by atoms with Crippen LogP contribution in [0.15, 0.2) is 29.6 Å². The molecule has 0 saturated carbocycles. The number of benzene rings is 1. The Labute approximate surface area is 112 Å². The topological polar surface area (TPSA) is 35.2 Å². The highest BCUT2D eigenvalue weighted by molar-refractivity contribution is 7.09. The Kier molecular flexibility index (Phi) is 4.39. The number of nitrogens with two attached hydrogens (primary N) is 1. The Morgan fingerprint density at radius 3 is 2.50 bits per heavy atom. The molecule has 96 valence electrons. The van der Waals surface area contributed by atoms with Crippen LogP contribution in [-0.2, 0) is 13.0 Å². The molecule has 0 aliphatic rings. The first-order chi connectivity index (χ1) is 8.70. The third kappa shape index (κ3) is 3.12. The first kappa shape index (κ1) is 13.1. The summed E-state index contributed by atoms with van der Waals surface area (Å²) in [5.74, 6) is 1.00. The number of aryl methyl sites for hydroxylation is 2. The van der Waals surface area contributed by atoms with E-state index in [1.807, 2.05) is 0 Å². The Bertz CT molecular complexity index is 482. The number of hydrogen-bond donors (Lipinski definition) is 1. The van der Waals surface area contributed by atoms with Gasteiger partial charge in [0, 0.05) is 17.8 Å². The number of thiophene rings is 1. The Hall–Kier alpha value is -1.32. The van der Waals surface area contributed by atoms with Crippen molar-refractivity contribution in [1.82, 2.24) is 0 Å². The van der Waals surface area contributed by atoms with Gasteiger partial charge in [-0.3, -0.25) is 0 Å². The van der Waals surface area contributed by atoms with Gasteiger partial charge in [0.25, 0.3) is 0 Å². The summed E-state index contributed by atoms with van der Waals surface area (Å²) in [5.41, 5.74) is 9.16. The van der Waals surface area contributed by atoms with Crippen LogP contribution in [0.1, 0.15) is 21.6 Å². The highest BCUT2D eigenvalue weighted by atomic mass is 32.1. The molecule has 3 heteroatoms. The Balaban J connectivity index is 2.01. The van der Waals surface area contributed by atoms with Gasteiger partial charge in [-0.1, -0.05) is 18.2 Å². The van der Waals surface area contributed by atoms with Gasteiger partial charge >= 0.3 is 0 Å². The van der Waals surface area contributed by atoms with Crippen molar-refractivity contribution in [3.05, 3.63) is 51.2 Å². The maximum Gasteiger partial charge on any atom is 0.125 e. The summed E-state index contributed by atoms with van der Waals surface area (Å²) < 4.78 is 5.91. The van der Waals surface area contributed by atoms with Gasteiger partial charge in [-0.2, -0.15) is 0 Å². The van der Waals surface area contributed by atoms with Crippen LogP contribution in [0.25, 0.3) is 0 Å². The van der Waals surface area contributed by atoms with E-state index in [-0.39, 0.29) is 0 Å². The second kappa shape index (κ2) is 6.03. The number of hydrogen-bond acceptors (Lipinski definition) is 3. The molecule has 2 nitrogen and oxygen atoms in total. The lowest BCUT2D eigenvalue weighted by Crippen LogP contribution is -2.05. The predicted molar refractivity (Wildman–Crippen MR) is 77.3 cm³/mol. The molecule has 0 unspecified atom stereocenters. The summed E-state index contributed by atoms with van der Waals surface area (Å²) in [6.45, 7) is 5.46. The molecule has 0 atom stereocenters. The largest absolute Gasteiger partial charge is 0.493 e. The third-order valence-electron chi connectivity index (χ3n) is 2.93. The standard InChI is InChI=1S/C15H19NOS/c1-11-8-13(10-16)9-12(2)15(11)17-6-5-14-4-3-7-18-14/h3-4,7-9H,5-6,10,16H2,1-2H3. The highest BCUT2D eigenvalue weighted by Gasteiger charge is 2.06. The van der Waals surface area contributed by atoms with Crippen LogP contribution in [-0.4, -0.2) is 6.61 Å². The van der Waals surface area contributed by atoms with Gasteiger partial charge in [-0.25, -0.2) is 0 Å². The molecule has 0 bridgehead atoms. The molecule has 1 aromatic carbocycles. The second-order valence-electron chi connectivity index (χ2n) is 4.44. The van der Waals surface area contributed by atoms with Gasteiger partial charge in [-0.15, -0.1) is 11.3 Å². The maximum absolute atomic E-state index is 5.91. The summed E-state index contributed by atoms with van der Waals surface area (Å²) in [4.78, 5) is 1.36. The molecular formula is C15H19NOS. The molecule has 0 saturated heterocycles. The first-order valence-electron chi connectivity index (χ1n) is 6.16. The van der Waals surface area contributed by atoms with E-state index in [4.69, 9.17) is 10.5 Å². The van der Waals surface area contributed by atoms with E-state index < -0.39 is 0 Å². The average molecular weight is 261 g/mol. The van der Waals surface area contributed by atoms with Gasteiger partial charge in [0.15, 0.2) is 0 Å². The van der Waals surface area contributed by atoms with Crippen molar-refractivity contribution in [2.75, 3.05) is 6.61 Å². The minimum atomic E-state index is 0.581. The zero-order valence-electron chi connectivity index (χ0n) is 10.9. The summed E-state index contributed by atoms with van der Waals surface area (Å²) >= 11 is 1.78. The Morgan fingerprint density at radius 1 is 1.22 bits per heavy atom. The maximum atomic E-state index is 5.91. The average Bonchev–Trinajstić information content (AvgIpc) is 2.85. The van der Waals surface area contributed by atoms with E-state index in [0.717, 1.165) is 24.3 Å². The lowest BCUT2D eigenvalue weighted by molar-refractivity contribution is 0.318. The van der Waals surface area contributed by atoms with Gasteiger partial charge in [0.1, 0.15) is 5.75 Å². The number of rotatable bonds is 5. The minimum absolute atomic E-state index is 0.581.